The molecule has 0 radical (unpaired) electrons. The highest BCUT2D eigenvalue weighted by Gasteiger charge is 2.06. The minimum absolute atomic E-state index is 0.686. The second kappa shape index (κ2) is 4.89. The topological polar surface area (TPSA) is 22.1 Å². The largest absolute Gasteiger partial charge is 0.496 e. The van der Waals surface area contributed by atoms with Crippen molar-refractivity contribution in [3.8, 4) is 16.3 Å². The van der Waals surface area contributed by atoms with Crippen molar-refractivity contribution >= 4 is 24.0 Å². The maximum Gasteiger partial charge on any atom is 0.123 e. The van der Waals surface area contributed by atoms with Gasteiger partial charge in [-0.3, -0.25) is 0 Å². The Morgan fingerprint density at radius 3 is 2.81 bits per heavy atom. The Kier molecular flexibility index (Phi) is 3.51. The summed E-state index contributed by atoms with van der Waals surface area (Å²) in [6.07, 6.45) is 0. The highest BCUT2D eigenvalue weighted by molar-refractivity contribution is 7.79. The van der Waals surface area contributed by atoms with Crippen LogP contribution in [0.25, 0.3) is 10.6 Å². The van der Waals surface area contributed by atoms with Crippen molar-refractivity contribution in [3.63, 3.8) is 0 Å². The van der Waals surface area contributed by atoms with Crippen molar-refractivity contribution in [1.82, 2.24) is 4.98 Å². The number of thiazole rings is 1. The fraction of sp³-hybridized carbons (Fsp3) is 0.250. The number of ether oxygens (including phenoxy) is 1. The van der Waals surface area contributed by atoms with Crippen LogP contribution in [0.2, 0.25) is 0 Å². The molecule has 1 heterocycles. The second-order valence-corrected chi connectivity index (χ2v) is 4.66. The molecule has 1 aromatic carbocycles. The van der Waals surface area contributed by atoms with Crippen LogP contribution >= 0.6 is 24.0 Å². The number of hydrogen-bond acceptors (Lipinski definition) is 4. The number of rotatable bonds is 3. The van der Waals surface area contributed by atoms with Crippen LogP contribution in [0.5, 0.6) is 5.75 Å². The molecular weight excluding hydrogens is 238 g/mol. The van der Waals surface area contributed by atoms with Gasteiger partial charge in [0.25, 0.3) is 0 Å². The van der Waals surface area contributed by atoms with Gasteiger partial charge in [0.1, 0.15) is 10.8 Å². The lowest BCUT2D eigenvalue weighted by molar-refractivity contribution is 0.412. The Hall–Kier alpha value is -1.00. The van der Waals surface area contributed by atoms with Crippen LogP contribution < -0.4 is 4.74 Å². The molecule has 2 nitrogen and oxygen atoms in total. The highest BCUT2D eigenvalue weighted by Crippen LogP contribution is 2.28. The van der Waals surface area contributed by atoms with Gasteiger partial charge in [0.15, 0.2) is 0 Å². The van der Waals surface area contributed by atoms with E-state index < -0.39 is 0 Å². The first-order chi connectivity index (χ1) is 7.74. The van der Waals surface area contributed by atoms with Crippen molar-refractivity contribution in [2.24, 2.45) is 0 Å². The number of nitrogens with zero attached hydrogens (tertiary/aromatic N) is 1. The van der Waals surface area contributed by atoms with E-state index >= 15 is 0 Å². The number of thiol groups is 1. The summed E-state index contributed by atoms with van der Waals surface area (Å²) < 4.78 is 5.23. The molecule has 0 bridgehead atoms. The quantitative estimate of drug-likeness (QED) is 0.843. The van der Waals surface area contributed by atoms with Gasteiger partial charge in [0, 0.05) is 16.7 Å². The first kappa shape index (κ1) is 11.5. The maximum absolute atomic E-state index is 5.23. The van der Waals surface area contributed by atoms with E-state index in [2.05, 4.69) is 23.7 Å². The van der Waals surface area contributed by atoms with Crippen LogP contribution in [0.15, 0.2) is 23.6 Å². The monoisotopic (exact) mass is 251 g/mol. The Bertz CT molecular complexity index is 494. The van der Waals surface area contributed by atoms with Crippen LogP contribution in [0.1, 0.15) is 11.3 Å². The zero-order chi connectivity index (χ0) is 11.5. The van der Waals surface area contributed by atoms with Gasteiger partial charge >= 0.3 is 0 Å². The normalized spacial score (nSPS) is 10.4. The van der Waals surface area contributed by atoms with Gasteiger partial charge in [-0.2, -0.15) is 12.6 Å². The SMILES string of the molecule is COc1ccc(-c2nc(CS)cs2)cc1C. The minimum atomic E-state index is 0.686. The van der Waals surface area contributed by atoms with E-state index in [0.29, 0.717) is 5.75 Å². The van der Waals surface area contributed by atoms with Gasteiger partial charge in [-0.25, -0.2) is 4.98 Å². The van der Waals surface area contributed by atoms with Crippen LogP contribution in [0, 0.1) is 6.92 Å². The molecule has 0 unspecified atom stereocenters. The molecule has 0 N–H and O–H groups in total. The molecule has 84 valence electrons. The average Bonchev–Trinajstić information content (AvgIpc) is 2.77. The maximum atomic E-state index is 5.23. The molecule has 0 aliphatic heterocycles. The summed E-state index contributed by atoms with van der Waals surface area (Å²) in [6, 6.07) is 6.11. The number of benzene rings is 1. The van der Waals surface area contributed by atoms with Gasteiger partial charge < -0.3 is 4.74 Å². The molecule has 16 heavy (non-hydrogen) atoms. The minimum Gasteiger partial charge on any atom is -0.496 e. The van der Waals surface area contributed by atoms with E-state index in [4.69, 9.17) is 4.74 Å². The van der Waals surface area contributed by atoms with Crippen molar-refractivity contribution in [2.45, 2.75) is 12.7 Å². The third kappa shape index (κ3) is 2.23. The van der Waals surface area contributed by atoms with Crippen LogP contribution in [0.4, 0.5) is 0 Å². The lowest BCUT2D eigenvalue weighted by Crippen LogP contribution is -1.87. The predicted molar refractivity (Wildman–Crippen MR) is 71.5 cm³/mol. The summed E-state index contributed by atoms with van der Waals surface area (Å²) in [7, 11) is 1.68. The van der Waals surface area contributed by atoms with Crippen molar-refractivity contribution < 1.29 is 4.74 Å². The van der Waals surface area contributed by atoms with Gasteiger partial charge in [-0.15, -0.1) is 11.3 Å². The molecule has 2 rings (SSSR count). The van der Waals surface area contributed by atoms with Crippen LogP contribution in [-0.2, 0) is 5.75 Å². The number of hydrogen-bond donors (Lipinski definition) is 1. The lowest BCUT2D eigenvalue weighted by Gasteiger charge is -2.05. The fourth-order valence-electron chi connectivity index (χ4n) is 1.52. The summed E-state index contributed by atoms with van der Waals surface area (Å²) >= 11 is 5.86. The van der Waals surface area contributed by atoms with E-state index in [0.717, 1.165) is 27.6 Å². The summed E-state index contributed by atoms with van der Waals surface area (Å²) in [6.45, 7) is 2.04. The van der Waals surface area contributed by atoms with Gasteiger partial charge in [-0.05, 0) is 30.7 Å². The Morgan fingerprint density at radius 2 is 2.25 bits per heavy atom. The lowest BCUT2D eigenvalue weighted by atomic mass is 10.1. The molecule has 0 saturated carbocycles. The van der Waals surface area contributed by atoms with E-state index in [9.17, 15) is 0 Å². The summed E-state index contributed by atoms with van der Waals surface area (Å²) in [5.74, 6) is 1.60. The molecular formula is C12H13NOS2. The Morgan fingerprint density at radius 1 is 1.44 bits per heavy atom. The molecule has 1 aromatic heterocycles. The third-order valence-electron chi connectivity index (χ3n) is 2.36. The zero-order valence-corrected chi connectivity index (χ0v) is 10.9. The van der Waals surface area contributed by atoms with Crippen molar-refractivity contribution in [2.75, 3.05) is 7.11 Å². The third-order valence-corrected chi connectivity index (χ3v) is 3.62. The molecule has 0 aliphatic rings. The van der Waals surface area contributed by atoms with E-state index in [-0.39, 0.29) is 0 Å². The first-order valence-electron chi connectivity index (χ1n) is 4.95. The number of methoxy groups -OCH3 is 1. The second-order valence-electron chi connectivity index (χ2n) is 3.49. The van der Waals surface area contributed by atoms with Crippen molar-refractivity contribution in [1.29, 1.82) is 0 Å². The van der Waals surface area contributed by atoms with Crippen LogP contribution in [-0.4, -0.2) is 12.1 Å². The molecule has 0 amide bonds. The van der Waals surface area contributed by atoms with Crippen molar-refractivity contribution in [3.05, 3.63) is 34.8 Å². The summed E-state index contributed by atoms with van der Waals surface area (Å²) in [5.41, 5.74) is 3.29. The molecule has 0 atom stereocenters. The van der Waals surface area contributed by atoms with Gasteiger partial charge in [0.05, 0.1) is 12.8 Å². The highest BCUT2D eigenvalue weighted by atomic mass is 32.1. The summed E-state index contributed by atoms with van der Waals surface area (Å²) in [4.78, 5) is 4.50. The van der Waals surface area contributed by atoms with E-state index in [1.54, 1.807) is 18.4 Å². The number of aromatic nitrogens is 1. The fourth-order valence-corrected chi connectivity index (χ4v) is 2.63. The van der Waals surface area contributed by atoms with Crippen LogP contribution in [0.3, 0.4) is 0 Å². The molecule has 0 saturated heterocycles. The standard InChI is InChI=1S/C12H13NOS2/c1-8-5-9(3-4-11(8)14-2)12-13-10(6-15)7-16-12/h3-5,7,15H,6H2,1-2H3. The average molecular weight is 251 g/mol. The van der Waals surface area contributed by atoms with E-state index in [1.165, 1.54) is 0 Å². The smallest absolute Gasteiger partial charge is 0.123 e. The number of aryl methyl sites for hydroxylation is 1. The van der Waals surface area contributed by atoms with Gasteiger partial charge in [-0.1, -0.05) is 0 Å². The Balaban J connectivity index is 2.37. The molecule has 0 aliphatic carbocycles. The molecule has 4 heteroatoms. The van der Waals surface area contributed by atoms with E-state index in [1.807, 2.05) is 24.4 Å². The summed E-state index contributed by atoms with van der Waals surface area (Å²) in [5, 5.41) is 3.08. The zero-order valence-electron chi connectivity index (χ0n) is 9.23. The molecule has 2 aromatic rings. The van der Waals surface area contributed by atoms with Gasteiger partial charge in [0.2, 0.25) is 0 Å². The molecule has 0 fully saturated rings. The molecule has 0 spiro atoms. The first-order valence-corrected chi connectivity index (χ1v) is 6.46. The predicted octanol–water partition coefficient (Wildman–Crippen LogP) is 3.56. The Labute approximate surface area is 105 Å².